The van der Waals surface area contributed by atoms with Gasteiger partial charge in [-0.15, -0.1) is 0 Å². The van der Waals surface area contributed by atoms with E-state index in [1.807, 2.05) is 12.1 Å². The van der Waals surface area contributed by atoms with Gasteiger partial charge in [-0.3, -0.25) is 11.3 Å². The predicted molar refractivity (Wildman–Crippen MR) is 72.8 cm³/mol. The Labute approximate surface area is 113 Å². The zero-order valence-corrected chi connectivity index (χ0v) is 11.1. The van der Waals surface area contributed by atoms with Crippen molar-refractivity contribution < 1.29 is 0 Å². The second-order valence-corrected chi connectivity index (χ2v) is 6.70. The van der Waals surface area contributed by atoms with Gasteiger partial charge in [0.05, 0.1) is 0 Å². The van der Waals surface area contributed by atoms with Crippen LogP contribution in [0.15, 0.2) is 24.3 Å². The van der Waals surface area contributed by atoms with Crippen molar-refractivity contribution in [2.45, 2.75) is 25.3 Å². The maximum Gasteiger partial charge on any atom is 0.0493 e. The van der Waals surface area contributed by atoms with Crippen molar-refractivity contribution in [2.24, 2.45) is 35.4 Å². The summed E-state index contributed by atoms with van der Waals surface area (Å²) in [4.78, 5) is 0. The average molecular weight is 263 g/mol. The fourth-order valence-electron chi connectivity index (χ4n) is 4.94. The van der Waals surface area contributed by atoms with E-state index in [4.69, 9.17) is 17.4 Å². The third-order valence-electron chi connectivity index (χ3n) is 5.59. The van der Waals surface area contributed by atoms with E-state index in [0.717, 1.165) is 34.6 Å². The highest BCUT2D eigenvalue weighted by atomic mass is 35.5. The summed E-state index contributed by atoms with van der Waals surface area (Å²) in [5.74, 6) is 10.5. The van der Waals surface area contributed by atoms with E-state index >= 15 is 0 Å². The lowest BCUT2D eigenvalue weighted by molar-refractivity contribution is 0.374. The molecular formula is C15H19ClN2. The smallest absolute Gasteiger partial charge is 0.0493 e. The maximum absolute atomic E-state index is 5.96. The van der Waals surface area contributed by atoms with Crippen molar-refractivity contribution in [3.8, 4) is 0 Å². The van der Waals surface area contributed by atoms with Crippen molar-refractivity contribution in [2.75, 3.05) is 0 Å². The molecule has 3 saturated carbocycles. The summed E-state index contributed by atoms with van der Waals surface area (Å²) in [7, 11) is 0. The zero-order chi connectivity index (χ0) is 12.3. The minimum absolute atomic E-state index is 0.320. The van der Waals surface area contributed by atoms with Gasteiger partial charge >= 0.3 is 0 Å². The van der Waals surface area contributed by atoms with E-state index < -0.39 is 0 Å². The molecule has 1 aromatic rings. The minimum Gasteiger partial charge on any atom is -0.271 e. The van der Waals surface area contributed by atoms with Gasteiger partial charge in [0, 0.05) is 11.1 Å². The van der Waals surface area contributed by atoms with Gasteiger partial charge in [0.1, 0.15) is 0 Å². The molecule has 0 spiro atoms. The molecule has 0 heterocycles. The van der Waals surface area contributed by atoms with E-state index in [-0.39, 0.29) is 0 Å². The number of hydrogen-bond acceptors (Lipinski definition) is 2. The molecule has 0 aliphatic heterocycles. The monoisotopic (exact) mass is 262 g/mol. The van der Waals surface area contributed by atoms with Crippen LogP contribution >= 0.6 is 11.6 Å². The van der Waals surface area contributed by atoms with Crippen LogP contribution in [0.5, 0.6) is 0 Å². The van der Waals surface area contributed by atoms with Gasteiger partial charge in [0.15, 0.2) is 0 Å². The van der Waals surface area contributed by atoms with Gasteiger partial charge in [0.25, 0.3) is 0 Å². The van der Waals surface area contributed by atoms with Crippen molar-refractivity contribution in [3.05, 3.63) is 34.9 Å². The Bertz CT molecular complexity index is 442. The first-order chi connectivity index (χ1) is 8.79. The molecule has 1 aromatic carbocycles. The number of hydrogen-bond donors (Lipinski definition) is 2. The predicted octanol–water partition coefficient (Wildman–Crippen LogP) is 3.14. The largest absolute Gasteiger partial charge is 0.271 e. The molecule has 5 unspecified atom stereocenters. The van der Waals surface area contributed by atoms with Crippen molar-refractivity contribution in [3.63, 3.8) is 0 Å². The summed E-state index contributed by atoms with van der Waals surface area (Å²) < 4.78 is 0. The Morgan fingerprint density at radius 1 is 1.11 bits per heavy atom. The Morgan fingerprint density at radius 2 is 1.72 bits per heavy atom. The quantitative estimate of drug-likeness (QED) is 0.649. The second-order valence-electron chi connectivity index (χ2n) is 6.26. The van der Waals surface area contributed by atoms with Crippen LogP contribution in [-0.2, 0) is 0 Å². The number of nitrogens with two attached hydrogens (primary N) is 1. The molecule has 2 bridgehead atoms. The summed E-state index contributed by atoms with van der Waals surface area (Å²) >= 11 is 5.96. The first kappa shape index (κ1) is 11.3. The topological polar surface area (TPSA) is 38.0 Å². The van der Waals surface area contributed by atoms with E-state index in [2.05, 4.69) is 17.6 Å². The highest BCUT2D eigenvalue weighted by Crippen LogP contribution is 2.72. The maximum atomic E-state index is 5.96. The fraction of sp³-hybridized carbons (Fsp3) is 0.600. The van der Waals surface area contributed by atoms with E-state index in [1.54, 1.807) is 0 Å². The number of rotatable bonds is 3. The molecule has 0 radical (unpaired) electrons. The molecule has 96 valence electrons. The van der Waals surface area contributed by atoms with Crippen molar-refractivity contribution in [1.29, 1.82) is 0 Å². The normalized spacial score (nSPS) is 41.8. The molecule has 4 rings (SSSR count). The molecule has 3 N–H and O–H groups in total. The lowest BCUT2D eigenvalue weighted by atomic mass is 9.93. The van der Waals surface area contributed by atoms with Crippen molar-refractivity contribution >= 4 is 11.6 Å². The first-order valence-corrected chi connectivity index (χ1v) is 7.39. The highest BCUT2D eigenvalue weighted by Gasteiger charge is 2.66. The van der Waals surface area contributed by atoms with Crippen LogP contribution in [0.1, 0.15) is 30.9 Å². The SMILES string of the molecule is NNC(c1ccc(Cl)cc1)C1C2C3CCC(C3)C21. The molecule has 18 heavy (non-hydrogen) atoms. The summed E-state index contributed by atoms with van der Waals surface area (Å²) in [6.07, 6.45) is 4.41. The molecule has 0 saturated heterocycles. The van der Waals surface area contributed by atoms with Crippen LogP contribution in [0.3, 0.4) is 0 Å². The van der Waals surface area contributed by atoms with Crippen LogP contribution in [-0.4, -0.2) is 0 Å². The molecule has 5 atom stereocenters. The number of halogens is 1. The second kappa shape index (κ2) is 3.96. The average Bonchev–Trinajstić information content (AvgIpc) is 2.81. The highest BCUT2D eigenvalue weighted by molar-refractivity contribution is 6.30. The van der Waals surface area contributed by atoms with E-state index in [9.17, 15) is 0 Å². The van der Waals surface area contributed by atoms with Crippen LogP contribution < -0.4 is 11.3 Å². The summed E-state index contributed by atoms with van der Waals surface area (Å²) in [6, 6.07) is 8.48. The molecule has 0 amide bonds. The number of hydrazine groups is 1. The van der Waals surface area contributed by atoms with Gasteiger partial charge < -0.3 is 0 Å². The van der Waals surface area contributed by atoms with Gasteiger partial charge in [-0.1, -0.05) is 23.7 Å². The number of fused-ring (bicyclic) bond motifs is 5. The standard InChI is InChI=1S/C15H19ClN2/c16-11-5-3-8(4-6-11)15(18-17)14-12-9-1-2-10(7-9)13(12)14/h3-6,9-10,12-15,18H,1-2,7,17H2. The zero-order valence-electron chi connectivity index (χ0n) is 10.4. The number of nitrogens with one attached hydrogen (secondary N) is 1. The molecule has 3 fully saturated rings. The first-order valence-electron chi connectivity index (χ1n) is 7.01. The number of benzene rings is 1. The van der Waals surface area contributed by atoms with E-state index in [0.29, 0.717) is 6.04 Å². The minimum atomic E-state index is 0.320. The van der Waals surface area contributed by atoms with Crippen LogP contribution in [0, 0.1) is 29.6 Å². The summed E-state index contributed by atoms with van der Waals surface area (Å²) in [6.45, 7) is 0. The van der Waals surface area contributed by atoms with Gasteiger partial charge in [-0.25, -0.2) is 0 Å². The Balaban J connectivity index is 1.58. The van der Waals surface area contributed by atoms with E-state index in [1.165, 1.54) is 24.8 Å². The van der Waals surface area contributed by atoms with Gasteiger partial charge in [-0.05, 0) is 66.5 Å². The van der Waals surface area contributed by atoms with Crippen LogP contribution in [0.4, 0.5) is 0 Å². The van der Waals surface area contributed by atoms with Gasteiger partial charge in [0.2, 0.25) is 0 Å². The Morgan fingerprint density at radius 3 is 2.28 bits per heavy atom. The Hall–Kier alpha value is -0.570. The van der Waals surface area contributed by atoms with Crippen molar-refractivity contribution in [1.82, 2.24) is 5.43 Å². The third kappa shape index (κ3) is 1.49. The van der Waals surface area contributed by atoms with Gasteiger partial charge in [-0.2, -0.15) is 0 Å². The molecule has 0 aromatic heterocycles. The van der Waals surface area contributed by atoms with Crippen LogP contribution in [0.2, 0.25) is 5.02 Å². The molecular weight excluding hydrogens is 244 g/mol. The lowest BCUT2D eigenvalue weighted by Crippen LogP contribution is -2.31. The molecule has 3 aliphatic rings. The molecule has 2 nitrogen and oxygen atoms in total. The molecule has 3 heteroatoms. The lowest BCUT2D eigenvalue weighted by Gasteiger charge is -2.20. The third-order valence-corrected chi connectivity index (χ3v) is 5.84. The molecule has 3 aliphatic carbocycles. The fourth-order valence-corrected chi connectivity index (χ4v) is 5.06. The summed E-state index contributed by atoms with van der Waals surface area (Å²) in [5, 5.41) is 0.797. The summed E-state index contributed by atoms with van der Waals surface area (Å²) in [5.41, 5.74) is 4.35. The Kier molecular flexibility index (Phi) is 2.48. The van der Waals surface area contributed by atoms with Crippen LogP contribution in [0.25, 0.3) is 0 Å².